The molecule has 0 spiro atoms. The van der Waals surface area contributed by atoms with Gasteiger partial charge in [-0.25, -0.2) is 0 Å². The van der Waals surface area contributed by atoms with Gasteiger partial charge in [0.25, 0.3) is 0 Å². The zero-order valence-electron chi connectivity index (χ0n) is 5.51. The van der Waals surface area contributed by atoms with Gasteiger partial charge in [-0.05, 0) is 13.0 Å². The van der Waals surface area contributed by atoms with E-state index < -0.39 is 0 Å². The van der Waals surface area contributed by atoms with E-state index >= 15 is 0 Å². The lowest BCUT2D eigenvalue weighted by atomic mass is 10.2. The first-order chi connectivity index (χ1) is 4.75. The topological polar surface area (TPSA) is 39.6 Å². The van der Waals surface area contributed by atoms with Gasteiger partial charge in [0, 0.05) is 11.9 Å². The molecule has 10 heavy (non-hydrogen) atoms. The Bertz CT molecular complexity index is 332. The van der Waals surface area contributed by atoms with Crippen LogP contribution in [0.3, 0.4) is 0 Å². The van der Waals surface area contributed by atoms with Gasteiger partial charge in [-0.15, -0.1) is 0 Å². The molecular weight excluding hydrogens is 144 g/mol. The van der Waals surface area contributed by atoms with Crippen molar-refractivity contribution in [1.29, 1.82) is 5.26 Å². The van der Waals surface area contributed by atoms with Gasteiger partial charge in [-0.2, -0.15) is 5.26 Å². The Labute approximate surface area is 64.1 Å². The minimum absolute atomic E-state index is 0.567. The Morgan fingerprint density at radius 1 is 1.70 bits per heavy atom. The van der Waals surface area contributed by atoms with E-state index in [1.807, 2.05) is 13.0 Å². The predicted octanol–water partition coefficient (Wildman–Crippen LogP) is 1.92. The zero-order valence-corrected chi connectivity index (χ0v) is 6.33. The van der Waals surface area contributed by atoms with E-state index in [1.54, 1.807) is 12.3 Å². The quantitative estimate of drug-likeness (QED) is 0.574. The van der Waals surface area contributed by atoms with Gasteiger partial charge in [-0.1, -0.05) is 12.2 Å². The summed E-state index contributed by atoms with van der Waals surface area (Å²) >= 11 is 4.90. The first kappa shape index (κ1) is 6.97. The van der Waals surface area contributed by atoms with Crippen LogP contribution < -0.4 is 0 Å². The summed E-state index contributed by atoms with van der Waals surface area (Å²) in [5.74, 6) is 0. The van der Waals surface area contributed by atoms with Crippen molar-refractivity contribution in [3.8, 4) is 6.07 Å². The van der Waals surface area contributed by atoms with Crippen molar-refractivity contribution < 1.29 is 0 Å². The van der Waals surface area contributed by atoms with Crippen molar-refractivity contribution in [2.45, 2.75) is 6.92 Å². The Morgan fingerprint density at radius 2 is 2.40 bits per heavy atom. The second-order valence-electron chi connectivity index (χ2n) is 1.95. The number of hydrogen-bond acceptors (Lipinski definition) is 2. The second-order valence-corrected chi connectivity index (χ2v) is 2.39. The first-order valence-corrected chi connectivity index (χ1v) is 3.25. The molecule has 2 nitrogen and oxygen atoms in total. The molecule has 0 unspecified atom stereocenters. The van der Waals surface area contributed by atoms with Gasteiger partial charge in [-0.3, -0.25) is 0 Å². The monoisotopic (exact) mass is 150 g/mol. The highest BCUT2D eigenvalue weighted by atomic mass is 32.1. The molecule has 1 rings (SSSR count). The van der Waals surface area contributed by atoms with Crippen LogP contribution in [0.1, 0.15) is 11.3 Å². The normalized spacial score (nSPS) is 8.80. The molecule has 0 saturated carbocycles. The number of pyridine rings is 1. The van der Waals surface area contributed by atoms with Crippen LogP contribution >= 0.6 is 12.2 Å². The standard InChI is InChI=1S/C7H6N2S/c1-5-6(4-8)7(10)2-3-9-5/h2-3H,1H3,(H,9,10). The van der Waals surface area contributed by atoms with Crippen molar-refractivity contribution in [2.75, 3.05) is 0 Å². The molecular formula is C7H6N2S. The number of hydrogen-bond donors (Lipinski definition) is 1. The van der Waals surface area contributed by atoms with Crippen LogP contribution in [0.25, 0.3) is 0 Å². The van der Waals surface area contributed by atoms with Gasteiger partial charge in [0.05, 0.1) is 10.1 Å². The third kappa shape index (κ3) is 1.07. The maximum absolute atomic E-state index is 8.56. The average molecular weight is 150 g/mol. The Hall–Kier alpha value is -1.14. The fourth-order valence-corrected chi connectivity index (χ4v) is 0.988. The molecule has 1 N–H and O–H groups in total. The summed E-state index contributed by atoms with van der Waals surface area (Å²) in [6.45, 7) is 1.83. The molecule has 0 aliphatic rings. The molecule has 1 aromatic heterocycles. The SMILES string of the molecule is Cc1[nH]ccc(=S)c1C#N. The molecule has 50 valence electrons. The highest BCUT2D eigenvalue weighted by Gasteiger charge is 1.95. The van der Waals surface area contributed by atoms with Crippen molar-refractivity contribution in [2.24, 2.45) is 0 Å². The van der Waals surface area contributed by atoms with Crippen molar-refractivity contribution in [3.05, 3.63) is 28.0 Å². The Morgan fingerprint density at radius 3 is 2.80 bits per heavy atom. The summed E-state index contributed by atoms with van der Waals surface area (Å²) < 4.78 is 0.610. The highest BCUT2D eigenvalue weighted by Crippen LogP contribution is 2.03. The van der Waals surface area contributed by atoms with Gasteiger partial charge in [0.2, 0.25) is 0 Å². The van der Waals surface area contributed by atoms with Gasteiger partial charge < -0.3 is 4.98 Å². The molecule has 3 heteroatoms. The van der Waals surface area contributed by atoms with E-state index in [0.717, 1.165) is 5.69 Å². The van der Waals surface area contributed by atoms with Crippen molar-refractivity contribution in [1.82, 2.24) is 4.98 Å². The minimum Gasteiger partial charge on any atom is -0.364 e. The van der Waals surface area contributed by atoms with Crippen LogP contribution in [-0.4, -0.2) is 4.98 Å². The van der Waals surface area contributed by atoms with Crippen LogP contribution in [0, 0.1) is 22.8 Å². The largest absolute Gasteiger partial charge is 0.364 e. The van der Waals surface area contributed by atoms with E-state index in [1.165, 1.54) is 0 Å². The molecule has 0 radical (unpaired) electrons. The van der Waals surface area contributed by atoms with E-state index in [2.05, 4.69) is 4.98 Å². The number of nitrogens with one attached hydrogen (secondary N) is 1. The highest BCUT2D eigenvalue weighted by molar-refractivity contribution is 7.71. The van der Waals surface area contributed by atoms with E-state index in [9.17, 15) is 0 Å². The molecule has 0 saturated heterocycles. The van der Waals surface area contributed by atoms with Gasteiger partial charge >= 0.3 is 0 Å². The lowest BCUT2D eigenvalue weighted by molar-refractivity contribution is 1.17. The predicted molar refractivity (Wildman–Crippen MR) is 41.1 cm³/mol. The maximum atomic E-state index is 8.56. The molecule has 0 atom stereocenters. The minimum atomic E-state index is 0.567. The summed E-state index contributed by atoms with van der Waals surface area (Å²) in [6.07, 6.45) is 1.73. The van der Waals surface area contributed by atoms with E-state index in [-0.39, 0.29) is 0 Å². The lowest BCUT2D eigenvalue weighted by Gasteiger charge is -1.93. The Kier molecular flexibility index (Phi) is 1.83. The molecule has 0 aliphatic heterocycles. The number of aromatic amines is 1. The molecule has 0 fully saturated rings. The number of rotatable bonds is 0. The molecule has 0 aromatic carbocycles. The number of aryl methyl sites for hydroxylation is 1. The van der Waals surface area contributed by atoms with Crippen LogP contribution in [0.4, 0.5) is 0 Å². The number of H-pyrrole nitrogens is 1. The summed E-state index contributed by atoms with van der Waals surface area (Å²) in [7, 11) is 0. The number of aromatic nitrogens is 1. The smallest absolute Gasteiger partial charge is 0.102 e. The third-order valence-electron chi connectivity index (χ3n) is 1.27. The van der Waals surface area contributed by atoms with Crippen molar-refractivity contribution in [3.63, 3.8) is 0 Å². The zero-order chi connectivity index (χ0) is 7.56. The van der Waals surface area contributed by atoms with Crippen LogP contribution in [0.15, 0.2) is 12.3 Å². The number of nitrogens with zero attached hydrogens (tertiary/aromatic N) is 1. The van der Waals surface area contributed by atoms with Gasteiger partial charge in [0.15, 0.2) is 0 Å². The lowest BCUT2D eigenvalue weighted by Crippen LogP contribution is -1.86. The molecule has 1 aromatic rings. The van der Waals surface area contributed by atoms with Crippen LogP contribution in [0.2, 0.25) is 0 Å². The summed E-state index contributed by atoms with van der Waals surface area (Å²) in [4.78, 5) is 2.90. The fourth-order valence-electron chi connectivity index (χ4n) is 0.722. The maximum Gasteiger partial charge on any atom is 0.102 e. The summed E-state index contributed by atoms with van der Waals surface area (Å²) in [5.41, 5.74) is 1.40. The average Bonchev–Trinajstić information content (AvgIpc) is 1.88. The van der Waals surface area contributed by atoms with Crippen LogP contribution in [0.5, 0.6) is 0 Å². The summed E-state index contributed by atoms with van der Waals surface area (Å²) in [6, 6.07) is 3.74. The van der Waals surface area contributed by atoms with Gasteiger partial charge in [0.1, 0.15) is 6.07 Å². The second kappa shape index (κ2) is 2.63. The number of nitriles is 1. The van der Waals surface area contributed by atoms with E-state index in [4.69, 9.17) is 17.5 Å². The molecule has 1 heterocycles. The fraction of sp³-hybridized carbons (Fsp3) is 0.143. The molecule has 0 amide bonds. The first-order valence-electron chi connectivity index (χ1n) is 2.84. The third-order valence-corrected chi connectivity index (χ3v) is 1.61. The molecule has 0 aliphatic carbocycles. The van der Waals surface area contributed by atoms with Crippen molar-refractivity contribution >= 4 is 12.2 Å². The van der Waals surface area contributed by atoms with E-state index in [0.29, 0.717) is 10.1 Å². The Balaban J connectivity index is 3.50. The molecule has 0 bridgehead atoms. The summed E-state index contributed by atoms with van der Waals surface area (Å²) in [5, 5.41) is 8.56. The van der Waals surface area contributed by atoms with Crippen LogP contribution in [-0.2, 0) is 0 Å².